The van der Waals surface area contributed by atoms with Crippen molar-refractivity contribution >= 4 is 46.4 Å². The van der Waals surface area contributed by atoms with Crippen LogP contribution < -0.4 is 10.2 Å². The van der Waals surface area contributed by atoms with Crippen molar-refractivity contribution in [3.05, 3.63) is 106 Å². The summed E-state index contributed by atoms with van der Waals surface area (Å²) in [5.41, 5.74) is 2.27. The Hall–Kier alpha value is -3.81. The smallest absolute Gasteiger partial charge is 0.291 e. The molecule has 0 atom stereocenters. The normalized spacial score (nSPS) is 13.5. The summed E-state index contributed by atoms with van der Waals surface area (Å²) < 4.78 is 19.7. The first kappa shape index (κ1) is 24.9. The van der Waals surface area contributed by atoms with E-state index in [9.17, 15) is 14.0 Å². The SMILES string of the molecule is O=C(Nc1ccc(N2CCN(C(=O)c3ccccc3F)CC2)cc1)c1ccc(-c2cc(Cl)ccc2Cl)o1. The summed E-state index contributed by atoms with van der Waals surface area (Å²) in [4.78, 5) is 29.2. The molecule has 3 aromatic carbocycles. The highest BCUT2D eigenvalue weighted by Crippen LogP contribution is 2.32. The number of amides is 2. The maximum Gasteiger partial charge on any atom is 0.291 e. The molecule has 0 bridgehead atoms. The summed E-state index contributed by atoms with van der Waals surface area (Å²) in [6, 6.07) is 21.7. The van der Waals surface area contributed by atoms with E-state index in [0.717, 1.165) is 5.69 Å². The highest BCUT2D eigenvalue weighted by atomic mass is 35.5. The first-order valence-corrected chi connectivity index (χ1v) is 12.4. The molecule has 2 amide bonds. The van der Waals surface area contributed by atoms with E-state index >= 15 is 0 Å². The highest BCUT2D eigenvalue weighted by molar-refractivity contribution is 6.35. The second-order valence-electron chi connectivity index (χ2n) is 8.55. The molecule has 1 aliphatic heterocycles. The number of anilines is 2. The molecule has 188 valence electrons. The second kappa shape index (κ2) is 10.7. The molecule has 1 N–H and O–H groups in total. The minimum absolute atomic E-state index is 0.0930. The van der Waals surface area contributed by atoms with Crippen LogP contribution >= 0.6 is 23.2 Å². The zero-order valence-corrected chi connectivity index (χ0v) is 21.1. The van der Waals surface area contributed by atoms with Gasteiger partial charge >= 0.3 is 0 Å². The van der Waals surface area contributed by atoms with Gasteiger partial charge in [0.25, 0.3) is 11.8 Å². The minimum Gasteiger partial charge on any atom is -0.451 e. The van der Waals surface area contributed by atoms with Crippen LogP contribution in [0.25, 0.3) is 11.3 Å². The summed E-state index contributed by atoms with van der Waals surface area (Å²) in [6.07, 6.45) is 0. The molecule has 0 saturated carbocycles. The van der Waals surface area contributed by atoms with Crippen molar-refractivity contribution in [3.8, 4) is 11.3 Å². The summed E-state index contributed by atoms with van der Waals surface area (Å²) in [5.74, 6) is -0.607. The monoisotopic (exact) mass is 537 g/mol. The Bertz CT molecular complexity index is 1450. The number of furan rings is 1. The molecule has 0 aliphatic carbocycles. The Morgan fingerprint density at radius 2 is 1.59 bits per heavy atom. The number of carbonyl (C=O) groups is 2. The molecule has 2 heterocycles. The van der Waals surface area contributed by atoms with Gasteiger partial charge in [0.1, 0.15) is 11.6 Å². The molecule has 1 saturated heterocycles. The van der Waals surface area contributed by atoms with Crippen LogP contribution in [0.4, 0.5) is 15.8 Å². The third-order valence-corrected chi connectivity index (χ3v) is 6.75. The molecule has 0 radical (unpaired) electrons. The van der Waals surface area contributed by atoms with Gasteiger partial charge in [-0.25, -0.2) is 4.39 Å². The Morgan fingerprint density at radius 3 is 2.32 bits per heavy atom. The molecule has 9 heteroatoms. The lowest BCUT2D eigenvalue weighted by molar-refractivity contribution is 0.0742. The van der Waals surface area contributed by atoms with Crippen molar-refractivity contribution in [2.24, 2.45) is 0 Å². The molecular weight excluding hydrogens is 516 g/mol. The fourth-order valence-corrected chi connectivity index (χ4v) is 4.59. The third-order valence-electron chi connectivity index (χ3n) is 6.19. The van der Waals surface area contributed by atoms with E-state index in [2.05, 4.69) is 10.2 Å². The van der Waals surface area contributed by atoms with Crippen molar-refractivity contribution in [2.75, 3.05) is 36.4 Å². The van der Waals surface area contributed by atoms with Crippen LogP contribution in [0.2, 0.25) is 10.0 Å². The predicted molar refractivity (Wildman–Crippen MR) is 143 cm³/mol. The van der Waals surface area contributed by atoms with Crippen LogP contribution in [0.3, 0.4) is 0 Å². The van der Waals surface area contributed by atoms with E-state index in [0.29, 0.717) is 53.2 Å². The van der Waals surface area contributed by atoms with Gasteiger partial charge in [0.15, 0.2) is 5.76 Å². The Balaban J connectivity index is 1.18. The van der Waals surface area contributed by atoms with E-state index in [4.69, 9.17) is 27.6 Å². The van der Waals surface area contributed by atoms with E-state index in [1.165, 1.54) is 12.1 Å². The molecule has 0 unspecified atom stereocenters. The lowest BCUT2D eigenvalue weighted by atomic mass is 10.1. The fourth-order valence-electron chi connectivity index (χ4n) is 4.21. The number of piperazine rings is 1. The number of nitrogens with zero attached hydrogens (tertiary/aromatic N) is 2. The van der Waals surface area contributed by atoms with E-state index in [-0.39, 0.29) is 17.2 Å². The number of halogens is 3. The molecule has 1 aliphatic rings. The first-order chi connectivity index (χ1) is 17.9. The molecule has 37 heavy (non-hydrogen) atoms. The van der Waals surface area contributed by atoms with Gasteiger partial charge in [-0.3, -0.25) is 9.59 Å². The number of rotatable bonds is 5. The molecule has 0 spiro atoms. The Labute approximate surface area is 223 Å². The number of benzene rings is 3. The van der Waals surface area contributed by atoms with Gasteiger partial charge in [0.05, 0.1) is 10.6 Å². The van der Waals surface area contributed by atoms with E-state index < -0.39 is 11.7 Å². The lowest BCUT2D eigenvalue weighted by Gasteiger charge is -2.36. The lowest BCUT2D eigenvalue weighted by Crippen LogP contribution is -2.49. The van der Waals surface area contributed by atoms with Gasteiger partial charge in [-0.05, 0) is 66.7 Å². The number of hydrogen-bond donors (Lipinski definition) is 1. The van der Waals surface area contributed by atoms with Crippen molar-refractivity contribution in [2.45, 2.75) is 0 Å². The van der Waals surface area contributed by atoms with E-state index in [1.807, 2.05) is 24.3 Å². The number of hydrogen-bond acceptors (Lipinski definition) is 4. The summed E-state index contributed by atoms with van der Waals surface area (Å²) in [7, 11) is 0. The molecular formula is C28H22Cl2FN3O3. The van der Waals surface area contributed by atoms with Gasteiger partial charge in [-0.2, -0.15) is 0 Å². The molecule has 5 rings (SSSR count). The minimum atomic E-state index is -0.508. The van der Waals surface area contributed by atoms with Crippen LogP contribution in [0.15, 0.2) is 83.3 Å². The van der Waals surface area contributed by atoms with Crippen LogP contribution in [0.5, 0.6) is 0 Å². The van der Waals surface area contributed by atoms with Gasteiger partial charge in [-0.15, -0.1) is 0 Å². The van der Waals surface area contributed by atoms with Gasteiger partial charge in [-0.1, -0.05) is 35.3 Å². The maximum absolute atomic E-state index is 14.0. The zero-order valence-electron chi connectivity index (χ0n) is 19.6. The van der Waals surface area contributed by atoms with Crippen LogP contribution in [0.1, 0.15) is 20.9 Å². The average Bonchev–Trinajstić information content (AvgIpc) is 3.41. The van der Waals surface area contributed by atoms with Crippen molar-refractivity contribution in [1.82, 2.24) is 4.90 Å². The summed E-state index contributed by atoms with van der Waals surface area (Å²) >= 11 is 12.3. The van der Waals surface area contributed by atoms with Crippen LogP contribution in [-0.2, 0) is 0 Å². The summed E-state index contributed by atoms with van der Waals surface area (Å²) in [5, 5.41) is 3.81. The fraction of sp³-hybridized carbons (Fsp3) is 0.143. The maximum atomic E-state index is 14.0. The number of carbonyl (C=O) groups excluding carboxylic acids is 2. The highest BCUT2D eigenvalue weighted by Gasteiger charge is 2.24. The molecule has 1 aromatic heterocycles. The largest absolute Gasteiger partial charge is 0.451 e. The van der Waals surface area contributed by atoms with Crippen molar-refractivity contribution in [1.29, 1.82) is 0 Å². The van der Waals surface area contributed by atoms with Crippen molar-refractivity contribution < 1.29 is 18.4 Å². The van der Waals surface area contributed by atoms with Gasteiger partial charge in [0.2, 0.25) is 0 Å². The molecule has 4 aromatic rings. The third kappa shape index (κ3) is 5.48. The average molecular weight is 538 g/mol. The number of nitrogens with one attached hydrogen (secondary N) is 1. The second-order valence-corrected chi connectivity index (χ2v) is 9.39. The van der Waals surface area contributed by atoms with Gasteiger partial charge in [0, 0.05) is 48.1 Å². The van der Waals surface area contributed by atoms with Gasteiger partial charge < -0.3 is 19.5 Å². The molecule has 6 nitrogen and oxygen atoms in total. The summed E-state index contributed by atoms with van der Waals surface area (Å²) in [6.45, 7) is 2.21. The standard InChI is InChI=1S/C28H22Cl2FN3O3/c29-18-5-10-23(30)22(17-18)25-11-12-26(37-25)27(35)32-19-6-8-20(9-7-19)33-13-15-34(16-14-33)28(36)21-3-1-2-4-24(21)31/h1-12,17H,13-16H2,(H,32,35). The molecule has 1 fully saturated rings. The predicted octanol–water partition coefficient (Wildman–Crippen LogP) is 6.61. The Kier molecular flexibility index (Phi) is 7.17. The van der Waals surface area contributed by atoms with Crippen molar-refractivity contribution in [3.63, 3.8) is 0 Å². The van der Waals surface area contributed by atoms with Crippen LogP contribution in [0, 0.1) is 5.82 Å². The zero-order chi connectivity index (χ0) is 25.9. The van der Waals surface area contributed by atoms with Crippen LogP contribution in [-0.4, -0.2) is 42.9 Å². The topological polar surface area (TPSA) is 65.8 Å². The Morgan fingerprint density at radius 1 is 0.865 bits per heavy atom. The quantitative estimate of drug-likeness (QED) is 0.311. The first-order valence-electron chi connectivity index (χ1n) is 11.6. The van der Waals surface area contributed by atoms with E-state index in [1.54, 1.807) is 47.4 Å².